The zero-order chi connectivity index (χ0) is 24.9. The molecule has 2 aromatic carbocycles. The van der Waals surface area contributed by atoms with Crippen LogP contribution in [0, 0.1) is 11.8 Å². The number of nitrogens with one attached hydrogen (secondary N) is 1. The second-order valence-corrected chi connectivity index (χ2v) is 9.72. The molecule has 1 saturated heterocycles. The van der Waals surface area contributed by atoms with Crippen LogP contribution in [0.4, 0.5) is 4.79 Å². The summed E-state index contributed by atoms with van der Waals surface area (Å²) in [5, 5.41) is 12.0. The Morgan fingerprint density at radius 2 is 1.71 bits per heavy atom. The van der Waals surface area contributed by atoms with E-state index in [-0.39, 0.29) is 36.7 Å². The van der Waals surface area contributed by atoms with Crippen molar-refractivity contribution in [1.29, 1.82) is 0 Å². The van der Waals surface area contributed by atoms with Crippen molar-refractivity contribution in [3.05, 3.63) is 59.7 Å². The third-order valence-corrected chi connectivity index (χ3v) is 7.39. The van der Waals surface area contributed by atoms with Crippen LogP contribution in [0.25, 0.3) is 11.1 Å². The summed E-state index contributed by atoms with van der Waals surface area (Å²) < 4.78 is 5.68. The molecule has 4 rings (SSSR count). The lowest BCUT2D eigenvalue weighted by molar-refractivity contribution is -0.141. The summed E-state index contributed by atoms with van der Waals surface area (Å²) in [5.74, 6) is -1.20. The molecule has 7 nitrogen and oxygen atoms in total. The largest absolute Gasteiger partial charge is 0.481 e. The van der Waals surface area contributed by atoms with Crippen LogP contribution in [0.3, 0.4) is 0 Å². The zero-order valence-corrected chi connectivity index (χ0v) is 20.4. The van der Waals surface area contributed by atoms with Gasteiger partial charge < -0.3 is 20.1 Å². The molecule has 0 aromatic heterocycles. The van der Waals surface area contributed by atoms with Crippen molar-refractivity contribution in [3.8, 4) is 11.1 Å². The Labute approximate surface area is 206 Å². The monoisotopic (exact) mass is 478 g/mol. The van der Waals surface area contributed by atoms with Gasteiger partial charge in [-0.2, -0.15) is 0 Å². The van der Waals surface area contributed by atoms with Crippen LogP contribution in [0.5, 0.6) is 0 Å². The molecule has 35 heavy (non-hydrogen) atoms. The van der Waals surface area contributed by atoms with Crippen LogP contribution in [-0.4, -0.2) is 53.7 Å². The van der Waals surface area contributed by atoms with E-state index in [9.17, 15) is 14.4 Å². The predicted molar refractivity (Wildman–Crippen MR) is 133 cm³/mol. The second-order valence-electron chi connectivity index (χ2n) is 9.72. The number of carboxylic acid groups (broad SMARTS) is 1. The van der Waals surface area contributed by atoms with Crippen molar-refractivity contribution in [2.45, 2.75) is 51.5 Å². The van der Waals surface area contributed by atoms with Crippen molar-refractivity contribution in [2.75, 3.05) is 19.7 Å². The van der Waals surface area contributed by atoms with Crippen LogP contribution in [-0.2, 0) is 14.3 Å². The van der Waals surface area contributed by atoms with Gasteiger partial charge in [0.2, 0.25) is 5.91 Å². The van der Waals surface area contributed by atoms with E-state index in [1.807, 2.05) is 38.1 Å². The molecule has 7 heteroatoms. The number of hydrogen-bond donors (Lipinski definition) is 2. The van der Waals surface area contributed by atoms with E-state index < -0.39 is 18.1 Å². The van der Waals surface area contributed by atoms with Gasteiger partial charge in [-0.3, -0.25) is 9.59 Å². The van der Waals surface area contributed by atoms with E-state index >= 15 is 0 Å². The van der Waals surface area contributed by atoms with Crippen molar-refractivity contribution in [2.24, 2.45) is 11.8 Å². The average molecular weight is 479 g/mol. The summed E-state index contributed by atoms with van der Waals surface area (Å²) in [5.41, 5.74) is 4.58. The van der Waals surface area contributed by atoms with Gasteiger partial charge in [0.25, 0.3) is 0 Å². The van der Waals surface area contributed by atoms with Crippen molar-refractivity contribution < 1.29 is 24.2 Å². The zero-order valence-electron chi connectivity index (χ0n) is 20.4. The first-order valence-electron chi connectivity index (χ1n) is 12.5. The Morgan fingerprint density at radius 3 is 2.31 bits per heavy atom. The maximum atomic E-state index is 13.4. The molecule has 0 bridgehead atoms. The first-order chi connectivity index (χ1) is 16.9. The van der Waals surface area contributed by atoms with Crippen LogP contribution >= 0.6 is 0 Å². The molecule has 2 aliphatic rings. The molecule has 2 N–H and O–H groups in total. The molecule has 1 heterocycles. The molecular weight excluding hydrogens is 444 g/mol. The van der Waals surface area contributed by atoms with Gasteiger partial charge in [0.05, 0.1) is 0 Å². The number of rotatable bonds is 8. The van der Waals surface area contributed by atoms with Gasteiger partial charge >= 0.3 is 12.1 Å². The fourth-order valence-corrected chi connectivity index (χ4v) is 5.33. The molecule has 1 aliphatic heterocycles. The normalized spacial score (nSPS) is 18.8. The molecule has 2 aromatic rings. The Hall–Kier alpha value is -3.35. The standard InChI is InChI=1S/C28H34N2O5/c1-3-18(2)26(27(33)30-14-8-9-19(16-30)15-25(31)32)29-28(34)35-17-24-22-12-6-4-10-20(22)21-11-5-7-13-23(21)24/h4-7,10-13,18-19,24,26H,3,8-9,14-17H2,1-2H3,(H,29,34)(H,31,32)/t18?,19?,26-/m0/s1. The van der Waals surface area contributed by atoms with E-state index in [2.05, 4.69) is 29.6 Å². The number of amides is 2. The van der Waals surface area contributed by atoms with Gasteiger partial charge in [-0.15, -0.1) is 0 Å². The maximum absolute atomic E-state index is 13.4. The molecule has 1 fully saturated rings. The number of carboxylic acids is 1. The van der Waals surface area contributed by atoms with Gasteiger partial charge in [-0.05, 0) is 46.9 Å². The summed E-state index contributed by atoms with van der Waals surface area (Å²) >= 11 is 0. The Morgan fingerprint density at radius 1 is 1.09 bits per heavy atom. The minimum absolute atomic E-state index is 0.0511. The molecule has 0 radical (unpaired) electrons. The maximum Gasteiger partial charge on any atom is 0.407 e. The summed E-state index contributed by atoms with van der Waals surface area (Å²) in [4.78, 5) is 39.1. The highest BCUT2D eigenvalue weighted by Gasteiger charge is 2.34. The van der Waals surface area contributed by atoms with Crippen LogP contribution in [0.1, 0.15) is 56.6 Å². The van der Waals surface area contributed by atoms with Crippen molar-refractivity contribution in [1.82, 2.24) is 10.2 Å². The Bertz CT molecular complexity index is 1040. The summed E-state index contributed by atoms with van der Waals surface area (Å²) in [6.07, 6.45) is 1.72. The van der Waals surface area contributed by atoms with Crippen LogP contribution in [0.15, 0.2) is 48.5 Å². The Balaban J connectivity index is 1.41. The van der Waals surface area contributed by atoms with Crippen molar-refractivity contribution in [3.63, 3.8) is 0 Å². The highest BCUT2D eigenvalue weighted by atomic mass is 16.5. The minimum Gasteiger partial charge on any atom is -0.481 e. The SMILES string of the molecule is CCC(C)[C@H](NC(=O)OCC1c2ccccc2-c2ccccc21)C(=O)N1CCCC(CC(=O)O)C1. The number of ether oxygens (including phenoxy) is 1. The third kappa shape index (κ3) is 5.50. The van der Waals surface area contributed by atoms with E-state index in [1.54, 1.807) is 4.90 Å². The van der Waals surface area contributed by atoms with E-state index in [0.717, 1.165) is 35.1 Å². The summed E-state index contributed by atoms with van der Waals surface area (Å²) in [6, 6.07) is 15.6. The third-order valence-electron chi connectivity index (χ3n) is 7.39. The second kappa shape index (κ2) is 10.9. The number of nitrogens with zero attached hydrogens (tertiary/aromatic N) is 1. The number of likely N-dealkylation sites (tertiary alicyclic amines) is 1. The first-order valence-corrected chi connectivity index (χ1v) is 12.5. The number of alkyl carbamates (subject to hydrolysis) is 1. The number of aliphatic carboxylic acids is 1. The molecule has 186 valence electrons. The predicted octanol–water partition coefficient (Wildman–Crippen LogP) is 4.65. The molecule has 2 unspecified atom stereocenters. The number of benzene rings is 2. The van der Waals surface area contributed by atoms with Gasteiger partial charge in [0.1, 0.15) is 12.6 Å². The smallest absolute Gasteiger partial charge is 0.407 e. The lowest BCUT2D eigenvalue weighted by atomic mass is 9.92. The molecule has 2 amide bonds. The molecular formula is C28H34N2O5. The average Bonchev–Trinajstić information content (AvgIpc) is 3.18. The summed E-state index contributed by atoms with van der Waals surface area (Å²) in [6.45, 7) is 5.09. The lowest BCUT2D eigenvalue weighted by Crippen LogP contribution is -2.54. The summed E-state index contributed by atoms with van der Waals surface area (Å²) in [7, 11) is 0. The van der Waals surface area contributed by atoms with E-state index in [4.69, 9.17) is 9.84 Å². The first kappa shape index (κ1) is 24.8. The van der Waals surface area contributed by atoms with Gasteiger partial charge in [-0.25, -0.2) is 4.79 Å². The quantitative estimate of drug-likeness (QED) is 0.576. The van der Waals surface area contributed by atoms with Crippen molar-refractivity contribution >= 4 is 18.0 Å². The highest BCUT2D eigenvalue weighted by Crippen LogP contribution is 2.44. The molecule has 3 atom stereocenters. The van der Waals surface area contributed by atoms with Crippen LogP contribution < -0.4 is 5.32 Å². The topological polar surface area (TPSA) is 95.9 Å². The Kier molecular flexibility index (Phi) is 7.73. The van der Waals surface area contributed by atoms with Gasteiger partial charge in [0, 0.05) is 25.4 Å². The number of hydrogen-bond acceptors (Lipinski definition) is 4. The van der Waals surface area contributed by atoms with E-state index in [1.165, 1.54) is 0 Å². The van der Waals surface area contributed by atoms with Crippen LogP contribution in [0.2, 0.25) is 0 Å². The van der Waals surface area contributed by atoms with Gasteiger partial charge in [0.15, 0.2) is 0 Å². The fourth-order valence-electron chi connectivity index (χ4n) is 5.33. The molecule has 0 saturated carbocycles. The highest BCUT2D eigenvalue weighted by molar-refractivity contribution is 5.86. The fraction of sp³-hybridized carbons (Fsp3) is 0.464. The van der Waals surface area contributed by atoms with E-state index in [0.29, 0.717) is 19.5 Å². The molecule has 0 spiro atoms. The lowest BCUT2D eigenvalue weighted by Gasteiger charge is -2.36. The molecule has 1 aliphatic carbocycles. The van der Waals surface area contributed by atoms with Gasteiger partial charge in [-0.1, -0.05) is 68.8 Å². The number of carbonyl (C=O) groups excluding carboxylic acids is 2. The number of carbonyl (C=O) groups is 3. The number of piperidine rings is 1. The minimum atomic E-state index is -0.848. The number of fused-ring (bicyclic) bond motifs is 3.